The predicted octanol–water partition coefficient (Wildman–Crippen LogP) is 3.40. The van der Waals surface area contributed by atoms with E-state index in [-0.39, 0.29) is 11.9 Å². The monoisotopic (exact) mass is 368 g/mol. The van der Waals surface area contributed by atoms with Crippen LogP contribution in [0.2, 0.25) is 0 Å². The quantitative estimate of drug-likeness (QED) is 0.849. The molecule has 0 saturated carbocycles. The largest absolute Gasteiger partial charge is 0.496 e. The van der Waals surface area contributed by atoms with Crippen LogP contribution in [-0.2, 0) is 4.79 Å². The first-order valence-electron chi connectivity index (χ1n) is 6.45. The van der Waals surface area contributed by atoms with Gasteiger partial charge < -0.3 is 15.8 Å². The van der Waals surface area contributed by atoms with E-state index in [2.05, 4.69) is 21.2 Å². The lowest BCUT2D eigenvalue weighted by atomic mass is 10.1. The second kappa shape index (κ2) is 7.06. The Bertz CT molecular complexity index is 616. The van der Waals surface area contributed by atoms with Crippen molar-refractivity contribution in [2.45, 2.75) is 19.0 Å². The molecule has 6 heteroatoms. The number of thiophene rings is 1. The minimum atomic E-state index is -0.630. The minimum absolute atomic E-state index is 0.134. The molecule has 1 aromatic heterocycles. The van der Waals surface area contributed by atoms with Crippen molar-refractivity contribution in [1.29, 1.82) is 0 Å². The molecule has 2 unspecified atom stereocenters. The average molecular weight is 369 g/mol. The highest BCUT2D eigenvalue weighted by Gasteiger charge is 2.19. The zero-order valence-electron chi connectivity index (χ0n) is 11.8. The van der Waals surface area contributed by atoms with Gasteiger partial charge in [-0.25, -0.2) is 0 Å². The Morgan fingerprint density at radius 3 is 2.76 bits per heavy atom. The Morgan fingerprint density at radius 1 is 1.43 bits per heavy atom. The molecule has 0 aliphatic heterocycles. The van der Waals surface area contributed by atoms with Gasteiger partial charge in [-0.05, 0) is 52.0 Å². The maximum Gasteiger partial charge on any atom is 0.242 e. The summed E-state index contributed by atoms with van der Waals surface area (Å²) in [5.74, 6) is 0.574. The molecule has 0 saturated heterocycles. The van der Waals surface area contributed by atoms with Gasteiger partial charge in [0.15, 0.2) is 0 Å². The fraction of sp³-hybridized carbons (Fsp3) is 0.267. The lowest BCUT2D eigenvalue weighted by Gasteiger charge is -2.18. The molecule has 0 fully saturated rings. The molecule has 4 nitrogen and oxygen atoms in total. The van der Waals surface area contributed by atoms with Gasteiger partial charge in [0.2, 0.25) is 5.91 Å². The lowest BCUT2D eigenvalue weighted by molar-refractivity contribution is -0.123. The summed E-state index contributed by atoms with van der Waals surface area (Å²) in [4.78, 5) is 13.0. The van der Waals surface area contributed by atoms with Gasteiger partial charge in [0, 0.05) is 4.88 Å². The molecular weight excluding hydrogens is 352 g/mol. The summed E-state index contributed by atoms with van der Waals surface area (Å²) < 4.78 is 6.05. The first-order chi connectivity index (χ1) is 10.0. The lowest BCUT2D eigenvalue weighted by Crippen LogP contribution is -2.35. The fourth-order valence-electron chi connectivity index (χ4n) is 1.94. The van der Waals surface area contributed by atoms with Crippen LogP contribution in [0.15, 0.2) is 40.2 Å². The van der Waals surface area contributed by atoms with Gasteiger partial charge in [-0.15, -0.1) is 11.3 Å². The van der Waals surface area contributed by atoms with Gasteiger partial charge in [-0.1, -0.05) is 12.1 Å². The Morgan fingerprint density at radius 2 is 2.19 bits per heavy atom. The van der Waals surface area contributed by atoms with Crippen molar-refractivity contribution in [2.75, 3.05) is 7.11 Å². The van der Waals surface area contributed by atoms with Crippen molar-refractivity contribution in [1.82, 2.24) is 5.32 Å². The van der Waals surface area contributed by atoms with E-state index in [1.165, 1.54) is 11.3 Å². The molecule has 1 amide bonds. The van der Waals surface area contributed by atoms with E-state index in [0.29, 0.717) is 0 Å². The molecular formula is C15H17BrN2O2S. The first kappa shape index (κ1) is 16.0. The van der Waals surface area contributed by atoms with Crippen LogP contribution in [-0.4, -0.2) is 13.0 Å². The van der Waals surface area contributed by atoms with E-state index in [9.17, 15) is 4.79 Å². The summed E-state index contributed by atoms with van der Waals surface area (Å²) in [6.07, 6.45) is 0. The maximum absolute atomic E-state index is 12.2. The van der Waals surface area contributed by atoms with E-state index < -0.39 is 6.04 Å². The molecule has 0 bridgehead atoms. The van der Waals surface area contributed by atoms with Crippen LogP contribution in [0.3, 0.4) is 0 Å². The van der Waals surface area contributed by atoms with Crippen molar-refractivity contribution < 1.29 is 9.53 Å². The smallest absolute Gasteiger partial charge is 0.242 e. The van der Waals surface area contributed by atoms with E-state index >= 15 is 0 Å². The number of rotatable bonds is 5. The topological polar surface area (TPSA) is 64.3 Å². The summed E-state index contributed by atoms with van der Waals surface area (Å²) >= 11 is 4.92. The first-order valence-corrected chi connectivity index (χ1v) is 8.13. The molecule has 0 aliphatic carbocycles. The third kappa shape index (κ3) is 3.84. The summed E-state index contributed by atoms with van der Waals surface area (Å²) in [5, 5.41) is 4.84. The zero-order chi connectivity index (χ0) is 15.4. The second-order valence-corrected chi connectivity index (χ2v) is 6.45. The van der Waals surface area contributed by atoms with Crippen LogP contribution in [0, 0.1) is 0 Å². The van der Waals surface area contributed by atoms with Gasteiger partial charge in [-0.3, -0.25) is 4.79 Å². The van der Waals surface area contributed by atoms with Crippen LogP contribution in [0.5, 0.6) is 5.75 Å². The third-order valence-corrected chi connectivity index (χ3v) is 4.74. The Hall–Kier alpha value is -1.37. The number of hydrogen-bond donors (Lipinski definition) is 2. The van der Waals surface area contributed by atoms with Crippen LogP contribution in [0.1, 0.15) is 29.4 Å². The number of nitrogens with one attached hydrogen (secondary N) is 1. The van der Waals surface area contributed by atoms with E-state index in [0.717, 1.165) is 20.7 Å². The van der Waals surface area contributed by atoms with Crippen LogP contribution < -0.4 is 15.8 Å². The molecule has 1 heterocycles. The van der Waals surface area contributed by atoms with Crippen molar-refractivity contribution in [3.63, 3.8) is 0 Å². The van der Waals surface area contributed by atoms with Gasteiger partial charge in [0.25, 0.3) is 0 Å². The number of hydrogen-bond acceptors (Lipinski definition) is 4. The van der Waals surface area contributed by atoms with Crippen molar-refractivity contribution in [3.8, 4) is 5.75 Å². The molecule has 0 aliphatic rings. The molecule has 2 rings (SSSR count). The molecule has 3 N–H and O–H groups in total. The van der Waals surface area contributed by atoms with E-state index in [1.807, 2.05) is 42.6 Å². The molecule has 112 valence electrons. The van der Waals surface area contributed by atoms with Gasteiger partial charge in [0.05, 0.1) is 17.6 Å². The molecule has 0 radical (unpaired) electrons. The molecule has 2 aromatic rings. The van der Waals surface area contributed by atoms with Crippen molar-refractivity contribution in [2.24, 2.45) is 5.73 Å². The van der Waals surface area contributed by atoms with Crippen LogP contribution >= 0.6 is 27.3 Å². The van der Waals surface area contributed by atoms with Crippen LogP contribution in [0.25, 0.3) is 0 Å². The number of halogens is 1. The number of amides is 1. The normalized spacial score (nSPS) is 13.5. The Labute approximate surface area is 136 Å². The van der Waals surface area contributed by atoms with Crippen LogP contribution in [0.4, 0.5) is 0 Å². The van der Waals surface area contributed by atoms with Gasteiger partial charge in [-0.2, -0.15) is 0 Å². The highest BCUT2D eigenvalue weighted by molar-refractivity contribution is 9.10. The van der Waals surface area contributed by atoms with Gasteiger partial charge >= 0.3 is 0 Å². The molecule has 0 spiro atoms. The van der Waals surface area contributed by atoms with Crippen molar-refractivity contribution in [3.05, 3.63) is 50.6 Å². The zero-order valence-corrected chi connectivity index (χ0v) is 14.2. The number of carbonyl (C=O) groups is 1. The summed E-state index contributed by atoms with van der Waals surface area (Å²) in [5.41, 5.74) is 6.93. The number of carbonyl (C=O) groups excluding carboxylic acids is 1. The maximum atomic E-state index is 12.2. The fourth-order valence-corrected chi connectivity index (χ4v) is 3.22. The summed E-state index contributed by atoms with van der Waals surface area (Å²) in [7, 11) is 1.62. The molecule has 2 atom stereocenters. The average Bonchev–Trinajstić information content (AvgIpc) is 3.00. The number of ether oxygens (including phenoxy) is 1. The second-order valence-electron chi connectivity index (χ2n) is 4.62. The number of nitrogens with two attached hydrogens (primary N) is 1. The Kier molecular flexibility index (Phi) is 5.39. The molecule has 1 aromatic carbocycles. The number of benzene rings is 1. The third-order valence-electron chi connectivity index (χ3n) is 3.17. The summed E-state index contributed by atoms with van der Waals surface area (Å²) in [6.45, 7) is 1.92. The SMILES string of the molecule is COc1ccc(C(C)NC(=O)C(N)c2cccs2)cc1Br. The van der Waals surface area contributed by atoms with Gasteiger partial charge in [0.1, 0.15) is 11.8 Å². The molecule has 21 heavy (non-hydrogen) atoms. The highest BCUT2D eigenvalue weighted by Crippen LogP contribution is 2.28. The summed E-state index contributed by atoms with van der Waals surface area (Å²) in [6, 6.07) is 8.70. The van der Waals surface area contributed by atoms with E-state index in [1.54, 1.807) is 7.11 Å². The van der Waals surface area contributed by atoms with E-state index in [4.69, 9.17) is 10.5 Å². The van der Waals surface area contributed by atoms with Crippen molar-refractivity contribution >= 4 is 33.2 Å². The standard InChI is InChI=1S/C15H17BrN2O2S/c1-9(10-5-6-12(20-2)11(16)8-10)18-15(19)14(17)13-4-3-7-21-13/h3-9,14H,17H2,1-2H3,(H,18,19). The minimum Gasteiger partial charge on any atom is -0.496 e. The Balaban J connectivity index is 2.05. The highest BCUT2D eigenvalue weighted by atomic mass is 79.9. The predicted molar refractivity (Wildman–Crippen MR) is 88.5 cm³/mol. The number of methoxy groups -OCH3 is 1.